The van der Waals surface area contributed by atoms with Crippen molar-refractivity contribution in [3.8, 4) is 0 Å². The SMILES string of the molecule is CCCC(C)OCC[N]CCOC(C)CCC. The maximum atomic E-state index is 5.61. The molecule has 0 amide bonds. The fraction of sp³-hybridized carbons (Fsp3) is 1.00. The Morgan fingerprint density at radius 3 is 1.59 bits per heavy atom. The first kappa shape index (κ1) is 16.9. The van der Waals surface area contributed by atoms with Gasteiger partial charge in [-0.3, -0.25) is 0 Å². The van der Waals surface area contributed by atoms with E-state index in [2.05, 4.69) is 33.0 Å². The lowest BCUT2D eigenvalue weighted by Crippen LogP contribution is -2.21. The molecule has 0 saturated carbocycles. The summed E-state index contributed by atoms with van der Waals surface area (Å²) >= 11 is 0. The molecule has 0 saturated heterocycles. The first-order valence-corrected chi connectivity index (χ1v) is 7.07. The molecule has 0 aliphatic rings. The van der Waals surface area contributed by atoms with E-state index in [0.29, 0.717) is 12.2 Å². The lowest BCUT2D eigenvalue weighted by molar-refractivity contribution is 0.0503. The number of hydrogen-bond donors (Lipinski definition) is 0. The monoisotopic (exact) mass is 244 g/mol. The van der Waals surface area contributed by atoms with Crippen molar-refractivity contribution in [2.45, 2.75) is 65.6 Å². The van der Waals surface area contributed by atoms with Gasteiger partial charge in [0.25, 0.3) is 0 Å². The van der Waals surface area contributed by atoms with E-state index < -0.39 is 0 Å². The topological polar surface area (TPSA) is 32.6 Å². The van der Waals surface area contributed by atoms with E-state index in [1.54, 1.807) is 0 Å². The molecule has 0 aromatic carbocycles. The predicted molar refractivity (Wildman–Crippen MR) is 72.5 cm³/mol. The van der Waals surface area contributed by atoms with Crippen LogP contribution >= 0.6 is 0 Å². The summed E-state index contributed by atoms with van der Waals surface area (Å²) in [5.74, 6) is 0. The first-order chi connectivity index (χ1) is 8.20. The normalized spacial score (nSPS) is 14.8. The summed E-state index contributed by atoms with van der Waals surface area (Å²) in [4.78, 5) is 0. The molecular weight excluding hydrogens is 214 g/mol. The van der Waals surface area contributed by atoms with Crippen molar-refractivity contribution in [3.63, 3.8) is 0 Å². The van der Waals surface area contributed by atoms with Crippen molar-refractivity contribution >= 4 is 0 Å². The van der Waals surface area contributed by atoms with Crippen LogP contribution in [-0.2, 0) is 9.47 Å². The second-order valence-corrected chi connectivity index (χ2v) is 4.61. The summed E-state index contributed by atoms with van der Waals surface area (Å²) in [6.45, 7) is 11.7. The molecule has 0 fully saturated rings. The molecule has 17 heavy (non-hydrogen) atoms. The molecule has 0 spiro atoms. The Kier molecular flexibility index (Phi) is 12.3. The molecular formula is C14H30NO2. The molecule has 0 aliphatic heterocycles. The highest BCUT2D eigenvalue weighted by Crippen LogP contribution is 2.00. The van der Waals surface area contributed by atoms with E-state index in [0.717, 1.165) is 39.1 Å². The zero-order chi connectivity index (χ0) is 12.9. The van der Waals surface area contributed by atoms with Crippen LogP contribution in [0.15, 0.2) is 0 Å². The molecule has 2 unspecified atom stereocenters. The van der Waals surface area contributed by atoms with Crippen LogP contribution in [0.25, 0.3) is 0 Å². The fourth-order valence-electron chi connectivity index (χ4n) is 1.73. The summed E-state index contributed by atoms with van der Waals surface area (Å²) in [6, 6.07) is 0. The van der Waals surface area contributed by atoms with Gasteiger partial charge < -0.3 is 9.47 Å². The van der Waals surface area contributed by atoms with Crippen LogP contribution in [0.1, 0.15) is 53.4 Å². The standard InChI is InChI=1S/C14H30NO2/c1-5-7-13(3)16-11-9-15-10-12-17-14(4)8-6-2/h13-14H,5-12H2,1-4H3. The van der Waals surface area contributed by atoms with Gasteiger partial charge in [0.15, 0.2) is 0 Å². The molecule has 0 aliphatic carbocycles. The van der Waals surface area contributed by atoms with Gasteiger partial charge in [0, 0.05) is 13.1 Å². The molecule has 2 atom stereocenters. The van der Waals surface area contributed by atoms with Gasteiger partial charge in [-0.15, -0.1) is 0 Å². The van der Waals surface area contributed by atoms with Crippen molar-refractivity contribution < 1.29 is 9.47 Å². The van der Waals surface area contributed by atoms with Crippen molar-refractivity contribution in [2.75, 3.05) is 26.3 Å². The molecule has 0 rings (SSSR count). The third-order valence-electron chi connectivity index (χ3n) is 2.69. The van der Waals surface area contributed by atoms with Crippen molar-refractivity contribution in [2.24, 2.45) is 0 Å². The Bertz CT molecular complexity index is 137. The number of ether oxygens (including phenoxy) is 2. The van der Waals surface area contributed by atoms with Gasteiger partial charge in [0.05, 0.1) is 25.4 Å². The minimum atomic E-state index is 0.371. The molecule has 3 nitrogen and oxygen atoms in total. The van der Waals surface area contributed by atoms with Crippen molar-refractivity contribution in [3.05, 3.63) is 0 Å². The quantitative estimate of drug-likeness (QED) is 0.494. The van der Waals surface area contributed by atoms with Crippen LogP contribution in [-0.4, -0.2) is 38.5 Å². The summed E-state index contributed by atoms with van der Waals surface area (Å²) < 4.78 is 11.2. The molecule has 103 valence electrons. The van der Waals surface area contributed by atoms with Gasteiger partial charge in [0.1, 0.15) is 0 Å². The van der Waals surface area contributed by atoms with E-state index in [1.165, 1.54) is 12.8 Å². The Morgan fingerprint density at radius 2 is 1.24 bits per heavy atom. The number of hydrogen-bond acceptors (Lipinski definition) is 2. The van der Waals surface area contributed by atoms with Crippen LogP contribution in [0.2, 0.25) is 0 Å². The minimum Gasteiger partial charge on any atom is -0.377 e. The van der Waals surface area contributed by atoms with Crippen LogP contribution in [0.4, 0.5) is 0 Å². The summed E-state index contributed by atoms with van der Waals surface area (Å²) in [5.41, 5.74) is 0. The predicted octanol–water partition coefficient (Wildman–Crippen LogP) is 3.00. The van der Waals surface area contributed by atoms with Gasteiger partial charge >= 0.3 is 0 Å². The molecule has 0 aromatic rings. The highest BCUT2D eigenvalue weighted by atomic mass is 16.5. The molecule has 0 bridgehead atoms. The van der Waals surface area contributed by atoms with Crippen LogP contribution in [0, 0.1) is 0 Å². The Labute approximate surface area is 107 Å². The minimum absolute atomic E-state index is 0.371. The number of nitrogens with zero attached hydrogens (tertiary/aromatic N) is 1. The van der Waals surface area contributed by atoms with Gasteiger partial charge in [-0.25, -0.2) is 5.32 Å². The van der Waals surface area contributed by atoms with Gasteiger partial charge in [-0.05, 0) is 26.7 Å². The largest absolute Gasteiger partial charge is 0.377 e. The zero-order valence-electron chi connectivity index (χ0n) is 12.1. The average Bonchev–Trinajstić information content (AvgIpc) is 2.28. The Balaban J connectivity index is 3.13. The van der Waals surface area contributed by atoms with Gasteiger partial charge in [-0.2, -0.15) is 0 Å². The maximum absolute atomic E-state index is 5.61. The Morgan fingerprint density at radius 1 is 0.824 bits per heavy atom. The van der Waals surface area contributed by atoms with E-state index in [1.807, 2.05) is 0 Å². The summed E-state index contributed by atoms with van der Waals surface area (Å²) in [5, 5.41) is 4.39. The van der Waals surface area contributed by atoms with Gasteiger partial charge in [-0.1, -0.05) is 26.7 Å². The van der Waals surface area contributed by atoms with E-state index in [-0.39, 0.29) is 0 Å². The molecule has 3 heteroatoms. The zero-order valence-corrected chi connectivity index (χ0v) is 12.1. The lowest BCUT2D eigenvalue weighted by atomic mass is 10.2. The highest BCUT2D eigenvalue weighted by Gasteiger charge is 2.01. The smallest absolute Gasteiger partial charge is 0.0611 e. The van der Waals surface area contributed by atoms with E-state index in [4.69, 9.17) is 9.47 Å². The van der Waals surface area contributed by atoms with Crippen molar-refractivity contribution in [1.29, 1.82) is 0 Å². The second kappa shape index (κ2) is 12.3. The second-order valence-electron chi connectivity index (χ2n) is 4.61. The Hall–Kier alpha value is -0.120. The van der Waals surface area contributed by atoms with E-state index >= 15 is 0 Å². The third kappa shape index (κ3) is 12.1. The third-order valence-corrected chi connectivity index (χ3v) is 2.69. The summed E-state index contributed by atoms with van der Waals surface area (Å²) in [7, 11) is 0. The molecule has 1 radical (unpaired) electrons. The summed E-state index contributed by atoms with van der Waals surface area (Å²) in [6.07, 6.45) is 5.38. The molecule has 0 aromatic heterocycles. The average molecular weight is 244 g/mol. The van der Waals surface area contributed by atoms with Crippen LogP contribution in [0.5, 0.6) is 0 Å². The van der Waals surface area contributed by atoms with Crippen molar-refractivity contribution in [1.82, 2.24) is 5.32 Å². The first-order valence-electron chi connectivity index (χ1n) is 7.07. The maximum Gasteiger partial charge on any atom is 0.0611 e. The highest BCUT2D eigenvalue weighted by molar-refractivity contribution is 4.52. The van der Waals surface area contributed by atoms with Crippen LogP contribution in [0.3, 0.4) is 0 Å². The van der Waals surface area contributed by atoms with Gasteiger partial charge in [0.2, 0.25) is 0 Å². The fourth-order valence-corrected chi connectivity index (χ4v) is 1.73. The van der Waals surface area contributed by atoms with E-state index in [9.17, 15) is 0 Å². The number of rotatable bonds is 12. The molecule has 0 heterocycles. The lowest BCUT2D eigenvalue weighted by Gasteiger charge is -2.13. The molecule has 0 N–H and O–H groups in total. The van der Waals surface area contributed by atoms with Crippen LogP contribution < -0.4 is 5.32 Å².